The van der Waals surface area contributed by atoms with Gasteiger partial charge in [0.05, 0.1) is 0 Å². The molecule has 0 bridgehead atoms. The van der Waals surface area contributed by atoms with Gasteiger partial charge in [0, 0.05) is 0 Å². The molecule has 1 rings (SSSR count). The van der Waals surface area contributed by atoms with E-state index in [4.69, 9.17) is 0 Å². The maximum absolute atomic E-state index is 11.8. The summed E-state index contributed by atoms with van der Waals surface area (Å²) in [6.07, 6.45) is 0. The van der Waals surface area contributed by atoms with E-state index in [2.05, 4.69) is 0 Å². The highest BCUT2D eigenvalue weighted by Crippen LogP contribution is 2.47. The van der Waals surface area contributed by atoms with Gasteiger partial charge in [-0.2, -0.15) is 8.78 Å². The Balaban J connectivity index is 3.35. The van der Waals surface area contributed by atoms with Gasteiger partial charge in [-0.3, -0.25) is 0 Å². The summed E-state index contributed by atoms with van der Waals surface area (Å²) >= 11 is 0. The molecule has 0 aromatic rings. The van der Waals surface area contributed by atoms with Gasteiger partial charge in [-0.25, -0.2) is 16.8 Å². The molecule has 1 heterocycles. The number of alkyl halides is 2. The zero-order chi connectivity index (χ0) is 8.21. The second-order valence-electron chi connectivity index (χ2n) is 1.49. The molecule has 60 valence electrons. The Morgan fingerprint density at radius 1 is 1.00 bits per heavy atom. The van der Waals surface area contributed by atoms with E-state index in [-0.39, 0.29) is 0 Å². The zero-order valence-electron chi connectivity index (χ0n) is 4.15. The van der Waals surface area contributed by atoms with Crippen molar-refractivity contribution in [2.45, 2.75) is 4.59 Å². The first kappa shape index (κ1) is 7.82. The molecular weight excluding hydrogens is 192 g/mol. The molecule has 0 aliphatic carbocycles. The van der Waals surface area contributed by atoms with E-state index in [1.165, 1.54) is 0 Å². The average Bonchev–Trinajstić information content (AvgIpc) is 1.61. The van der Waals surface area contributed by atoms with Crippen LogP contribution in [0.15, 0.2) is 0 Å². The third-order valence-corrected chi connectivity index (χ3v) is 4.83. The van der Waals surface area contributed by atoms with Crippen LogP contribution in [0.4, 0.5) is 8.78 Å². The van der Waals surface area contributed by atoms with Crippen molar-refractivity contribution in [2.24, 2.45) is 0 Å². The van der Waals surface area contributed by atoms with Crippen molar-refractivity contribution in [3.8, 4) is 0 Å². The highest BCUT2D eigenvalue weighted by molar-refractivity contribution is 8.29. The van der Waals surface area contributed by atoms with Crippen molar-refractivity contribution in [3.63, 3.8) is 0 Å². The fourth-order valence-electron chi connectivity index (χ4n) is 0.321. The van der Waals surface area contributed by atoms with E-state index < -0.39 is 24.6 Å². The van der Waals surface area contributed by atoms with Crippen LogP contribution >= 0.6 is 0 Å². The normalized spacial score (nSPS) is 32.6. The third kappa shape index (κ3) is 0.620. The van der Waals surface area contributed by atoms with E-state index in [9.17, 15) is 25.6 Å². The molecule has 0 aromatic carbocycles. The first-order valence-electron chi connectivity index (χ1n) is 1.82. The topological polar surface area (TPSA) is 82.4 Å². The summed E-state index contributed by atoms with van der Waals surface area (Å²) in [7, 11) is -10.1. The van der Waals surface area contributed by atoms with Gasteiger partial charge < -0.3 is 4.13 Å². The molecule has 0 atom stereocenters. The minimum absolute atomic E-state index is 1.83. The SMILES string of the molecule is O=S1(=O)[N-]S(=O)(=O)C1(F)F. The zero-order valence-corrected chi connectivity index (χ0v) is 5.79. The molecular formula is CF2NO4S2-. The molecule has 0 radical (unpaired) electrons. The highest BCUT2D eigenvalue weighted by Gasteiger charge is 2.58. The maximum Gasteiger partial charge on any atom is 0.413 e. The molecule has 1 aliphatic heterocycles. The van der Waals surface area contributed by atoms with Crippen LogP contribution < -0.4 is 0 Å². The van der Waals surface area contributed by atoms with E-state index in [1.807, 2.05) is 4.13 Å². The number of halogens is 2. The van der Waals surface area contributed by atoms with Crippen molar-refractivity contribution in [3.05, 3.63) is 4.13 Å². The minimum Gasteiger partial charge on any atom is -0.424 e. The lowest BCUT2D eigenvalue weighted by atomic mass is 11.6. The van der Waals surface area contributed by atoms with Crippen molar-refractivity contribution >= 4 is 20.0 Å². The molecule has 0 unspecified atom stereocenters. The molecule has 10 heavy (non-hydrogen) atoms. The van der Waals surface area contributed by atoms with Crippen molar-refractivity contribution < 1.29 is 25.6 Å². The highest BCUT2D eigenvalue weighted by atomic mass is 32.3. The number of hydrogen-bond acceptors (Lipinski definition) is 4. The number of sulfonamides is 2. The Morgan fingerprint density at radius 3 is 1.30 bits per heavy atom. The van der Waals surface area contributed by atoms with E-state index in [0.29, 0.717) is 0 Å². The van der Waals surface area contributed by atoms with Gasteiger partial charge in [-0.15, -0.1) is 0 Å². The van der Waals surface area contributed by atoms with Gasteiger partial charge in [0.25, 0.3) is 0 Å². The van der Waals surface area contributed by atoms with Crippen LogP contribution in [-0.2, 0) is 20.0 Å². The van der Waals surface area contributed by atoms with Gasteiger partial charge in [-0.05, 0) is 0 Å². The molecule has 0 N–H and O–H groups in total. The van der Waals surface area contributed by atoms with Gasteiger partial charge >= 0.3 is 4.59 Å². The van der Waals surface area contributed by atoms with Gasteiger partial charge in [0.2, 0.25) is 0 Å². The van der Waals surface area contributed by atoms with Crippen molar-refractivity contribution in [1.29, 1.82) is 0 Å². The molecule has 9 heteroatoms. The van der Waals surface area contributed by atoms with Crippen LogP contribution in [0.25, 0.3) is 4.13 Å². The predicted octanol–water partition coefficient (Wildman–Crippen LogP) is -0.416. The Bertz CT molecular complexity index is 317. The number of hydrogen-bond donors (Lipinski definition) is 0. The molecule has 1 fully saturated rings. The van der Waals surface area contributed by atoms with Crippen LogP contribution in [0.1, 0.15) is 0 Å². The molecule has 1 aliphatic rings. The van der Waals surface area contributed by atoms with E-state index >= 15 is 0 Å². The van der Waals surface area contributed by atoms with Crippen LogP contribution in [0, 0.1) is 0 Å². The first-order valence-corrected chi connectivity index (χ1v) is 4.70. The Labute approximate surface area is 55.1 Å². The monoisotopic (exact) mass is 192 g/mol. The summed E-state index contributed by atoms with van der Waals surface area (Å²) in [5, 5.41) is 0. The molecule has 0 saturated carbocycles. The largest absolute Gasteiger partial charge is 0.424 e. The van der Waals surface area contributed by atoms with Gasteiger partial charge in [0.1, 0.15) is 0 Å². The lowest BCUT2D eigenvalue weighted by Gasteiger charge is -2.38. The summed E-state index contributed by atoms with van der Waals surface area (Å²) in [5.74, 6) is 0. The molecule has 1 saturated heterocycles. The third-order valence-electron chi connectivity index (χ3n) is 0.797. The summed E-state index contributed by atoms with van der Waals surface area (Å²) in [6.45, 7) is 0. The molecule has 0 amide bonds. The van der Waals surface area contributed by atoms with Gasteiger partial charge in [-0.1, -0.05) is 0 Å². The Hall–Kier alpha value is -0.280. The lowest BCUT2D eigenvalue weighted by Crippen LogP contribution is -2.47. The molecule has 0 aromatic heterocycles. The minimum atomic E-state index is -5.06. The maximum atomic E-state index is 11.8. The lowest BCUT2D eigenvalue weighted by molar-refractivity contribution is 0.177. The summed E-state index contributed by atoms with van der Waals surface area (Å²) < 4.78 is 60.2. The Kier molecular flexibility index (Phi) is 1.16. The van der Waals surface area contributed by atoms with Crippen LogP contribution in [0.5, 0.6) is 0 Å². The fraction of sp³-hybridized carbons (Fsp3) is 1.00. The summed E-state index contributed by atoms with van der Waals surface area (Å²) in [5.41, 5.74) is 0. The van der Waals surface area contributed by atoms with Crippen LogP contribution in [-0.4, -0.2) is 21.4 Å². The smallest absolute Gasteiger partial charge is 0.413 e. The molecule has 0 spiro atoms. The van der Waals surface area contributed by atoms with Crippen LogP contribution in [0.2, 0.25) is 0 Å². The predicted molar refractivity (Wildman–Crippen MR) is 26.1 cm³/mol. The van der Waals surface area contributed by atoms with Crippen LogP contribution in [0.3, 0.4) is 0 Å². The summed E-state index contributed by atoms with van der Waals surface area (Å²) in [6, 6.07) is 0. The summed E-state index contributed by atoms with van der Waals surface area (Å²) in [4.78, 5) is 0. The quantitative estimate of drug-likeness (QED) is 0.522. The first-order chi connectivity index (χ1) is 4.21. The number of rotatable bonds is 0. The second kappa shape index (κ2) is 1.48. The second-order valence-corrected chi connectivity index (χ2v) is 5.27. The fourth-order valence-corrected chi connectivity index (χ4v) is 2.89. The van der Waals surface area contributed by atoms with E-state index in [0.717, 1.165) is 0 Å². The Morgan fingerprint density at radius 2 is 1.30 bits per heavy atom. The standard InChI is InChI=1S/CF2NO4S2/c2-1(3)9(5,6)4-10(1,7)8/q-1. The van der Waals surface area contributed by atoms with E-state index in [1.54, 1.807) is 0 Å². The average molecular weight is 192 g/mol. The van der Waals surface area contributed by atoms with Crippen molar-refractivity contribution in [1.82, 2.24) is 0 Å². The van der Waals surface area contributed by atoms with Gasteiger partial charge in [0.15, 0.2) is 20.0 Å². The molecule has 5 nitrogen and oxygen atoms in total. The number of nitrogens with zero attached hydrogens (tertiary/aromatic N) is 1. The van der Waals surface area contributed by atoms with Crippen molar-refractivity contribution in [2.75, 3.05) is 0 Å².